The predicted molar refractivity (Wildman–Crippen MR) is 120 cm³/mol. The average Bonchev–Trinajstić information content (AvgIpc) is 2.67. The van der Waals surface area contributed by atoms with E-state index in [1.807, 2.05) is 18.7 Å². The second-order valence-corrected chi connectivity index (χ2v) is 11.3. The van der Waals surface area contributed by atoms with Crippen molar-refractivity contribution in [3.05, 3.63) is 24.0 Å². The van der Waals surface area contributed by atoms with Crippen LogP contribution in [0.3, 0.4) is 0 Å². The van der Waals surface area contributed by atoms with E-state index in [2.05, 4.69) is 10.0 Å². The van der Waals surface area contributed by atoms with Gasteiger partial charge in [0, 0.05) is 30.7 Å². The molecule has 1 aromatic rings. The van der Waals surface area contributed by atoms with Crippen LogP contribution >= 0.6 is 0 Å². The van der Waals surface area contributed by atoms with Gasteiger partial charge >= 0.3 is 0 Å². The second kappa shape index (κ2) is 9.83. The zero-order chi connectivity index (χ0) is 22.8. The van der Waals surface area contributed by atoms with Gasteiger partial charge in [0.05, 0.1) is 23.1 Å². The number of carbonyl (C=O) groups is 1. The summed E-state index contributed by atoms with van der Waals surface area (Å²) in [5, 5.41) is 2.34. The number of morpholine rings is 1. The van der Waals surface area contributed by atoms with Gasteiger partial charge in [-0.25, -0.2) is 17.5 Å². The molecule has 2 N–H and O–H groups in total. The van der Waals surface area contributed by atoms with Crippen molar-refractivity contribution in [2.75, 3.05) is 23.3 Å². The number of sulfonamides is 1. The number of hydrogen-bond donors (Lipinski definition) is 2. The summed E-state index contributed by atoms with van der Waals surface area (Å²) in [4.78, 5) is 14.6. The molecule has 0 bridgehead atoms. The van der Waals surface area contributed by atoms with E-state index >= 15 is 0 Å². The molecule has 1 aliphatic heterocycles. The summed E-state index contributed by atoms with van der Waals surface area (Å²) >= 11 is 0. The topological polar surface area (TPSA) is 87.7 Å². The van der Waals surface area contributed by atoms with Crippen LogP contribution in [-0.2, 0) is 19.6 Å². The smallest absolute Gasteiger partial charge is 0.227 e. The Morgan fingerprint density at radius 3 is 2.29 bits per heavy atom. The molecule has 1 saturated carbocycles. The molecule has 1 saturated heterocycles. The summed E-state index contributed by atoms with van der Waals surface area (Å²) in [7, 11) is -3.31. The molecular formula is C22H34FN3O4S. The zero-order valence-corrected chi connectivity index (χ0v) is 19.5. The lowest BCUT2D eigenvalue weighted by Gasteiger charge is -2.37. The third-order valence-electron chi connectivity index (χ3n) is 6.03. The van der Waals surface area contributed by atoms with Gasteiger partial charge in [0.15, 0.2) is 0 Å². The van der Waals surface area contributed by atoms with E-state index < -0.39 is 15.3 Å². The van der Waals surface area contributed by atoms with Crippen LogP contribution in [0.1, 0.15) is 53.4 Å². The van der Waals surface area contributed by atoms with E-state index in [1.54, 1.807) is 26.0 Å². The number of carbonyl (C=O) groups excluding carboxylic acids is 1. The summed E-state index contributed by atoms with van der Waals surface area (Å²) < 4.78 is 47.3. The molecule has 0 spiro atoms. The van der Waals surface area contributed by atoms with Crippen LogP contribution in [0, 0.1) is 11.7 Å². The Morgan fingerprint density at radius 1 is 1.13 bits per heavy atom. The first-order valence-corrected chi connectivity index (χ1v) is 12.6. The minimum Gasteiger partial charge on any atom is -0.372 e. The molecule has 0 aromatic heterocycles. The van der Waals surface area contributed by atoms with Crippen molar-refractivity contribution < 1.29 is 22.3 Å². The summed E-state index contributed by atoms with van der Waals surface area (Å²) in [6.45, 7) is 8.47. The molecule has 2 fully saturated rings. The molecule has 3 rings (SSSR count). The first-order valence-electron chi connectivity index (χ1n) is 11.1. The van der Waals surface area contributed by atoms with E-state index in [-0.39, 0.29) is 35.9 Å². The largest absolute Gasteiger partial charge is 0.372 e. The van der Waals surface area contributed by atoms with E-state index in [0.717, 1.165) is 0 Å². The number of anilines is 2. The highest BCUT2D eigenvalue weighted by Gasteiger charge is 2.30. The maximum atomic E-state index is 14.8. The lowest BCUT2D eigenvalue weighted by molar-refractivity contribution is -0.120. The second-order valence-electron chi connectivity index (χ2n) is 9.08. The Morgan fingerprint density at radius 2 is 1.74 bits per heavy atom. The third-order valence-corrected chi connectivity index (χ3v) is 7.93. The van der Waals surface area contributed by atoms with E-state index in [9.17, 15) is 17.6 Å². The van der Waals surface area contributed by atoms with Gasteiger partial charge in [-0.2, -0.15) is 0 Å². The highest BCUT2D eigenvalue weighted by atomic mass is 32.2. The van der Waals surface area contributed by atoms with Gasteiger partial charge < -0.3 is 15.0 Å². The monoisotopic (exact) mass is 455 g/mol. The molecule has 9 heteroatoms. The van der Waals surface area contributed by atoms with Crippen LogP contribution < -0.4 is 14.9 Å². The van der Waals surface area contributed by atoms with E-state index in [0.29, 0.717) is 50.1 Å². The lowest BCUT2D eigenvalue weighted by atomic mass is 9.86. The van der Waals surface area contributed by atoms with Gasteiger partial charge in [-0.05, 0) is 71.6 Å². The number of rotatable bonds is 6. The minimum absolute atomic E-state index is 0.0303. The van der Waals surface area contributed by atoms with Crippen LogP contribution in [0.5, 0.6) is 0 Å². The van der Waals surface area contributed by atoms with Crippen molar-refractivity contribution in [2.45, 2.75) is 76.9 Å². The average molecular weight is 456 g/mol. The van der Waals surface area contributed by atoms with Crippen LogP contribution in [-0.4, -0.2) is 50.9 Å². The van der Waals surface area contributed by atoms with Gasteiger partial charge in [-0.3, -0.25) is 4.79 Å². The molecule has 1 aliphatic carbocycles. The molecule has 7 nitrogen and oxygen atoms in total. The predicted octanol–water partition coefficient (Wildman–Crippen LogP) is 3.26. The molecule has 31 heavy (non-hydrogen) atoms. The van der Waals surface area contributed by atoms with E-state index in [1.165, 1.54) is 6.07 Å². The minimum atomic E-state index is -3.31. The fraction of sp³-hybridized carbons (Fsp3) is 0.682. The molecule has 2 aliphatic rings. The number of halogens is 1. The Kier molecular flexibility index (Phi) is 7.59. The third kappa shape index (κ3) is 6.17. The lowest BCUT2D eigenvalue weighted by Crippen LogP contribution is -2.45. The van der Waals surface area contributed by atoms with Gasteiger partial charge in [-0.1, -0.05) is 0 Å². The fourth-order valence-electron chi connectivity index (χ4n) is 4.30. The van der Waals surface area contributed by atoms with Crippen molar-refractivity contribution in [3.63, 3.8) is 0 Å². The van der Waals surface area contributed by atoms with Crippen molar-refractivity contribution in [1.29, 1.82) is 0 Å². The standard InChI is InChI=1S/C22H34FN3O4S/c1-14(2)31(28,29)25-18-7-5-17(6-8-18)22(27)24-19-9-10-21(20(23)11-19)26-12-15(3)30-16(4)13-26/h9-11,14-18,25H,5-8,12-13H2,1-4H3,(H,24,27)/t15-,16+,17-,18-. The Balaban J connectivity index is 1.55. The van der Waals surface area contributed by atoms with Crippen LogP contribution in [0.4, 0.5) is 15.8 Å². The number of nitrogens with one attached hydrogen (secondary N) is 2. The normalized spacial score (nSPS) is 27.4. The SMILES string of the molecule is CC(C)S(=O)(=O)N[C@H]1CC[C@H](C(=O)Nc2ccc(N3C[C@@H](C)O[C@@H](C)C3)c(F)c2)CC1. The summed E-state index contributed by atoms with van der Waals surface area (Å²) in [5.41, 5.74) is 0.946. The van der Waals surface area contributed by atoms with Gasteiger partial charge in [0.25, 0.3) is 0 Å². The maximum Gasteiger partial charge on any atom is 0.227 e. The van der Waals surface area contributed by atoms with Gasteiger partial charge in [0.2, 0.25) is 15.9 Å². The summed E-state index contributed by atoms with van der Waals surface area (Å²) in [5.74, 6) is -0.722. The maximum absolute atomic E-state index is 14.8. The number of benzene rings is 1. The molecule has 2 atom stereocenters. The first-order chi connectivity index (χ1) is 14.5. The number of ether oxygens (including phenoxy) is 1. The Labute approximate surface area is 184 Å². The molecule has 0 radical (unpaired) electrons. The molecule has 1 amide bonds. The van der Waals surface area contributed by atoms with Crippen molar-refractivity contribution in [1.82, 2.24) is 4.72 Å². The molecule has 1 aromatic carbocycles. The zero-order valence-electron chi connectivity index (χ0n) is 18.7. The van der Waals surface area contributed by atoms with Crippen LogP contribution in [0.25, 0.3) is 0 Å². The fourth-order valence-corrected chi connectivity index (χ4v) is 5.27. The van der Waals surface area contributed by atoms with E-state index in [4.69, 9.17) is 4.74 Å². The van der Waals surface area contributed by atoms with Gasteiger partial charge in [0.1, 0.15) is 5.82 Å². The van der Waals surface area contributed by atoms with Crippen LogP contribution in [0.15, 0.2) is 18.2 Å². The van der Waals surface area contributed by atoms with Gasteiger partial charge in [-0.15, -0.1) is 0 Å². The Hall–Kier alpha value is -1.71. The van der Waals surface area contributed by atoms with Crippen molar-refractivity contribution in [2.24, 2.45) is 5.92 Å². The highest BCUT2D eigenvalue weighted by molar-refractivity contribution is 7.90. The first kappa shape index (κ1) is 23.9. The van der Waals surface area contributed by atoms with Crippen molar-refractivity contribution in [3.8, 4) is 0 Å². The molecule has 1 heterocycles. The number of amides is 1. The molecular weight excluding hydrogens is 421 g/mol. The summed E-state index contributed by atoms with van der Waals surface area (Å²) in [6.07, 6.45) is 2.49. The Bertz CT molecular complexity index is 875. The number of nitrogens with zero attached hydrogens (tertiary/aromatic N) is 1. The molecule has 0 unspecified atom stereocenters. The summed E-state index contributed by atoms with van der Waals surface area (Å²) in [6, 6.07) is 4.66. The quantitative estimate of drug-likeness (QED) is 0.688. The highest BCUT2D eigenvalue weighted by Crippen LogP contribution is 2.29. The number of hydrogen-bond acceptors (Lipinski definition) is 5. The van der Waals surface area contributed by atoms with Crippen molar-refractivity contribution >= 4 is 27.3 Å². The van der Waals surface area contributed by atoms with Crippen LogP contribution in [0.2, 0.25) is 0 Å². The molecule has 174 valence electrons.